The van der Waals surface area contributed by atoms with Gasteiger partial charge in [-0.3, -0.25) is 14.4 Å². The number of hydrogen-bond acceptors (Lipinski definition) is 7. The lowest BCUT2D eigenvalue weighted by Crippen LogP contribution is -2.57. The number of allylic oxidation sites excluding steroid dienone is 4. The van der Waals surface area contributed by atoms with Gasteiger partial charge in [0.1, 0.15) is 0 Å². The molecule has 0 saturated heterocycles. The van der Waals surface area contributed by atoms with Gasteiger partial charge in [0.05, 0.1) is 19.8 Å². The van der Waals surface area contributed by atoms with Crippen LogP contribution in [0.2, 0.25) is 0 Å². The largest absolute Gasteiger partial charge is 0.466 e. The van der Waals surface area contributed by atoms with E-state index in [2.05, 4.69) is 63.8 Å². The van der Waals surface area contributed by atoms with Crippen molar-refractivity contribution >= 4 is 17.9 Å². The number of carbonyl (C=O) groups excluding carboxylic acids is 3. The van der Waals surface area contributed by atoms with Crippen LogP contribution < -0.4 is 0 Å². The van der Waals surface area contributed by atoms with Crippen molar-refractivity contribution in [2.45, 2.75) is 291 Å². The maximum absolute atomic E-state index is 13.6. The fraction of sp³-hybridized carbons (Fsp3) is 0.889. The second kappa shape index (κ2) is 38.4. The molecule has 0 heterocycles. The first-order valence-electron chi connectivity index (χ1n) is 30.6. The smallest absolute Gasteiger partial charge is 0.306 e. The minimum Gasteiger partial charge on any atom is -0.466 e. The molecule has 0 radical (unpaired) electrons. The molecule has 0 N–H and O–H groups in total. The molecule has 4 bridgehead atoms. The first-order chi connectivity index (χ1) is 34.1. The summed E-state index contributed by atoms with van der Waals surface area (Å²) in [6.45, 7) is 15.6. The molecule has 4 saturated carbocycles. The first kappa shape index (κ1) is 62.1. The highest BCUT2D eigenvalue weighted by Gasteiger charge is 2.62. The van der Waals surface area contributed by atoms with Gasteiger partial charge in [-0.05, 0) is 163 Å². The third-order valence-corrected chi connectivity index (χ3v) is 17.1. The van der Waals surface area contributed by atoms with E-state index in [1.165, 1.54) is 154 Å². The van der Waals surface area contributed by atoms with Crippen LogP contribution in [0, 0.1) is 28.1 Å². The average molecular weight is 981 g/mol. The number of hydrogen-bond donors (Lipinski definition) is 0. The second-order valence-corrected chi connectivity index (χ2v) is 23.4. The highest BCUT2D eigenvalue weighted by atomic mass is 16.5. The first-order valence-corrected chi connectivity index (χ1v) is 30.6. The number of esters is 3. The zero-order chi connectivity index (χ0) is 50.4. The van der Waals surface area contributed by atoms with Crippen molar-refractivity contribution < 1.29 is 28.6 Å². The van der Waals surface area contributed by atoms with E-state index in [9.17, 15) is 14.4 Å². The molecule has 4 aliphatic rings. The van der Waals surface area contributed by atoms with Crippen molar-refractivity contribution in [3.8, 4) is 0 Å². The SMILES string of the molecule is CCCCC/C=C\C/C=C\CCCCCCCC(=O)OCCC12CC3CC(CCOC(=O)CCCN(CC)CC)(C1)CC(CCOC(=O)CC(CCCCCCCCC)CCCCCCCCC)(C3)C2. The van der Waals surface area contributed by atoms with Gasteiger partial charge in [0.2, 0.25) is 0 Å². The van der Waals surface area contributed by atoms with E-state index in [-0.39, 0.29) is 34.2 Å². The molecule has 7 heteroatoms. The predicted octanol–water partition coefficient (Wildman–Crippen LogP) is 18.0. The predicted molar refractivity (Wildman–Crippen MR) is 295 cm³/mol. The molecule has 0 aliphatic heterocycles. The summed E-state index contributed by atoms with van der Waals surface area (Å²) >= 11 is 0. The van der Waals surface area contributed by atoms with E-state index in [0.717, 1.165) is 103 Å². The van der Waals surface area contributed by atoms with Crippen LogP contribution in [0.3, 0.4) is 0 Å². The van der Waals surface area contributed by atoms with Crippen LogP contribution in [0.15, 0.2) is 24.3 Å². The van der Waals surface area contributed by atoms with Crippen LogP contribution in [0.4, 0.5) is 0 Å². The number of carbonyl (C=O) groups is 3. The minimum absolute atomic E-state index is 0.00830. The van der Waals surface area contributed by atoms with Gasteiger partial charge in [-0.15, -0.1) is 0 Å². The van der Waals surface area contributed by atoms with Gasteiger partial charge in [0.25, 0.3) is 0 Å². The number of rotatable bonds is 47. The molecule has 0 amide bonds. The third-order valence-electron chi connectivity index (χ3n) is 17.1. The summed E-state index contributed by atoms with van der Waals surface area (Å²) in [4.78, 5) is 42.0. The third kappa shape index (κ3) is 27.2. The Balaban J connectivity index is 1.51. The van der Waals surface area contributed by atoms with Gasteiger partial charge in [-0.2, -0.15) is 0 Å². The highest BCUT2D eigenvalue weighted by molar-refractivity contribution is 5.70. The summed E-state index contributed by atoms with van der Waals surface area (Å²) in [7, 11) is 0. The Morgan fingerprint density at radius 3 is 1.33 bits per heavy atom. The zero-order valence-electron chi connectivity index (χ0n) is 46.9. The normalized spacial score (nSPS) is 21.8. The topological polar surface area (TPSA) is 82.1 Å². The van der Waals surface area contributed by atoms with Crippen LogP contribution >= 0.6 is 0 Å². The summed E-state index contributed by atoms with van der Waals surface area (Å²) in [6.07, 6.45) is 54.8. The lowest BCUT2D eigenvalue weighted by molar-refractivity contribution is -0.182. The molecule has 4 fully saturated rings. The highest BCUT2D eigenvalue weighted by Crippen LogP contribution is 2.72. The van der Waals surface area contributed by atoms with E-state index >= 15 is 0 Å². The molecular weight excluding hydrogens is 867 g/mol. The maximum atomic E-state index is 13.6. The Morgan fingerprint density at radius 1 is 0.471 bits per heavy atom. The molecule has 70 heavy (non-hydrogen) atoms. The fourth-order valence-corrected chi connectivity index (χ4v) is 13.7. The molecule has 4 rings (SSSR count). The summed E-state index contributed by atoms with van der Waals surface area (Å²) in [6, 6.07) is 0. The number of unbranched alkanes of at least 4 members (excludes halogenated alkanes) is 20. The molecule has 4 atom stereocenters. The van der Waals surface area contributed by atoms with Gasteiger partial charge in [-0.1, -0.05) is 181 Å². The lowest BCUT2D eigenvalue weighted by Gasteiger charge is -2.67. The van der Waals surface area contributed by atoms with Crippen molar-refractivity contribution in [1.82, 2.24) is 4.90 Å². The molecule has 7 nitrogen and oxygen atoms in total. The van der Waals surface area contributed by atoms with Crippen molar-refractivity contribution in [2.24, 2.45) is 28.1 Å². The van der Waals surface area contributed by atoms with E-state index in [1.807, 2.05) is 0 Å². The Labute approximate surface area is 433 Å². The van der Waals surface area contributed by atoms with Gasteiger partial charge in [0, 0.05) is 19.3 Å². The maximum Gasteiger partial charge on any atom is 0.306 e. The zero-order valence-corrected chi connectivity index (χ0v) is 46.9. The second-order valence-electron chi connectivity index (χ2n) is 23.4. The van der Waals surface area contributed by atoms with Crippen LogP contribution in [0.5, 0.6) is 0 Å². The summed E-state index contributed by atoms with van der Waals surface area (Å²) in [5.74, 6) is 0.948. The molecule has 4 aliphatic carbocycles. The van der Waals surface area contributed by atoms with Crippen molar-refractivity contribution in [2.75, 3.05) is 39.5 Å². The van der Waals surface area contributed by atoms with Crippen molar-refractivity contribution in [1.29, 1.82) is 0 Å². The minimum atomic E-state index is -0.0681. The Hall–Kier alpha value is -2.15. The summed E-state index contributed by atoms with van der Waals surface area (Å²) in [5.41, 5.74) is 0.357. The molecule has 4 unspecified atom stereocenters. The average Bonchev–Trinajstić information content (AvgIpc) is 3.32. The summed E-state index contributed by atoms with van der Waals surface area (Å²) in [5, 5.41) is 0. The molecule has 406 valence electrons. The van der Waals surface area contributed by atoms with Gasteiger partial charge < -0.3 is 19.1 Å². The Morgan fingerprint density at radius 2 is 0.857 bits per heavy atom. The number of nitrogens with zero attached hydrogens (tertiary/aromatic N) is 1. The van der Waals surface area contributed by atoms with E-state index < -0.39 is 0 Å². The van der Waals surface area contributed by atoms with Crippen LogP contribution in [-0.2, 0) is 28.6 Å². The molecule has 0 aromatic heterocycles. The molecule has 0 aromatic carbocycles. The lowest BCUT2D eigenvalue weighted by atomic mass is 9.38. The van der Waals surface area contributed by atoms with Crippen LogP contribution in [0.25, 0.3) is 0 Å². The van der Waals surface area contributed by atoms with Crippen LogP contribution in [-0.4, -0.2) is 62.3 Å². The van der Waals surface area contributed by atoms with Gasteiger partial charge in [0.15, 0.2) is 0 Å². The number of ether oxygens (including phenoxy) is 3. The van der Waals surface area contributed by atoms with E-state index in [1.54, 1.807) is 0 Å². The van der Waals surface area contributed by atoms with Crippen LogP contribution in [0.1, 0.15) is 291 Å². The Kier molecular flexibility index (Phi) is 34.1. The molecule has 0 spiro atoms. The Bertz CT molecular complexity index is 1390. The van der Waals surface area contributed by atoms with Gasteiger partial charge >= 0.3 is 17.9 Å². The van der Waals surface area contributed by atoms with E-state index in [4.69, 9.17) is 14.2 Å². The van der Waals surface area contributed by atoms with Gasteiger partial charge in [-0.25, -0.2) is 0 Å². The summed E-state index contributed by atoms with van der Waals surface area (Å²) < 4.78 is 18.2. The molecule has 0 aromatic rings. The fourth-order valence-electron chi connectivity index (χ4n) is 13.7. The quantitative estimate of drug-likeness (QED) is 0.0260. The van der Waals surface area contributed by atoms with Crippen molar-refractivity contribution in [3.05, 3.63) is 24.3 Å². The van der Waals surface area contributed by atoms with Crippen molar-refractivity contribution in [3.63, 3.8) is 0 Å². The monoisotopic (exact) mass is 980 g/mol. The standard InChI is InChI=1S/C63H113NO6/c1-6-11-14-17-20-21-22-23-24-25-26-27-30-33-36-40-58(65)68-46-42-61-50-57-51-62(53-61,43-47-69-59(66)41-37-45-64(9-4)10-5)55-63(52-57,54-61)44-48-70-60(67)49-56(38-34-31-28-18-15-12-7-2)39-35-32-29-19-16-13-8-3/h20-21,23-24,56-57H,6-19,22,25-55H2,1-5H3/b21-20-,24-23-. The molecular formula is C63H113NO6. The van der Waals surface area contributed by atoms with E-state index in [0.29, 0.717) is 50.9 Å².